The topological polar surface area (TPSA) is 46.2 Å². The van der Waals surface area contributed by atoms with E-state index in [4.69, 9.17) is 11.6 Å². The molecule has 18 heavy (non-hydrogen) atoms. The van der Waals surface area contributed by atoms with Gasteiger partial charge in [0.25, 0.3) is 0 Å². The van der Waals surface area contributed by atoms with Crippen molar-refractivity contribution >= 4 is 21.6 Å². The summed E-state index contributed by atoms with van der Waals surface area (Å²) in [7, 11) is -3.45. The van der Waals surface area contributed by atoms with Gasteiger partial charge in [0.1, 0.15) is 0 Å². The first-order valence-electron chi connectivity index (χ1n) is 6.14. The fourth-order valence-corrected chi connectivity index (χ4v) is 3.22. The van der Waals surface area contributed by atoms with Gasteiger partial charge in [-0.2, -0.15) is 0 Å². The number of hydrogen-bond donors (Lipinski definition) is 1. The summed E-state index contributed by atoms with van der Waals surface area (Å²) >= 11 is 5.80. The van der Waals surface area contributed by atoms with Gasteiger partial charge in [0.2, 0.25) is 10.0 Å². The molecule has 1 N–H and O–H groups in total. The number of sulfonamides is 1. The van der Waals surface area contributed by atoms with Crippen molar-refractivity contribution in [2.75, 3.05) is 5.88 Å². The maximum absolute atomic E-state index is 12.1. The zero-order valence-corrected chi connectivity index (χ0v) is 12.4. The summed E-state index contributed by atoms with van der Waals surface area (Å²) in [6.45, 7) is 3.99. The molecule has 0 bridgehead atoms. The van der Waals surface area contributed by atoms with Gasteiger partial charge in [-0.05, 0) is 25.5 Å². The lowest BCUT2D eigenvalue weighted by Gasteiger charge is -2.15. The molecule has 1 aromatic carbocycles. The summed E-state index contributed by atoms with van der Waals surface area (Å²) in [6.07, 6.45) is 2.76. The monoisotopic (exact) mass is 289 g/mol. The molecule has 1 atom stereocenters. The van der Waals surface area contributed by atoms with Gasteiger partial charge in [-0.25, -0.2) is 13.1 Å². The molecule has 0 unspecified atom stereocenters. The third kappa shape index (κ3) is 4.59. The van der Waals surface area contributed by atoms with Crippen LogP contribution in [0.2, 0.25) is 0 Å². The van der Waals surface area contributed by atoms with Gasteiger partial charge in [0.05, 0.1) is 4.90 Å². The molecule has 0 radical (unpaired) electrons. The van der Waals surface area contributed by atoms with Crippen LogP contribution in [0, 0.1) is 6.92 Å². The molecule has 3 nitrogen and oxygen atoms in total. The Balaban J connectivity index is 2.77. The largest absolute Gasteiger partial charge is 0.240 e. The molecule has 0 fully saturated rings. The van der Waals surface area contributed by atoms with Crippen molar-refractivity contribution in [2.45, 2.75) is 44.0 Å². The van der Waals surface area contributed by atoms with E-state index in [9.17, 15) is 8.42 Å². The second-order valence-electron chi connectivity index (χ2n) is 4.43. The molecule has 0 aliphatic heterocycles. The van der Waals surface area contributed by atoms with Crippen molar-refractivity contribution in [3.63, 3.8) is 0 Å². The van der Waals surface area contributed by atoms with E-state index in [1.807, 2.05) is 6.92 Å². The number of alkyl halides is 1. The zero-order valence-electron chi connectivity index (χ0n) is 10.8. The van der Waals surface area contributed by atoms with Crippen molar-refractivity contribution in [1.29, 1.82) is 0 Å². The summed E-state index contributed by atoms with van der Waals surface area (Å²) in [6, 6.07) is 6.61. The molecule has 1 rings (SSSR count). The van der Waals surface area contributed by atoms with E-state index in [1.54, 1.807) is 24.3 Å². The number of hydrogen-bond acceptors (Lipinski definition) is 2. The number of halogens is 1. The van der Waals surface area contributed by atoms with Crippen LogP contribution < -0.4 is 4.72 Å². The molecule has 0 spiro atoms. The Morgan fingerprint density at radius 1 is 1.28 bits per heavy atom. The van der Waals surface area contributed by atoms with Crippen LogP contribution in [0.1, 0.15) is 31.7 Å². The minimum absolute atomic E-state index is 0.196. The maximum atomic E-state index is 12.1. The second-order valence-corrected chi connectivity index (χ2v) is 6.45. The first-order valence-corrected chi connectivity index (χ1v) is 8.16. The smallest absolute Gasteiger partial charge is 0.207 e. The molecule has 0 amide bonds. The summed E-state index contributed by atoms with van der Waals surface area (Å²) < 4.78 is 26.9. The fraction of sp³-hybridized carbons (Fsp3) is 0.538. The molecular weight excluding hydrogens is 270 g/mol. The Bertz CT molecular complexity index is 456. The molecule has 0 saturated carbocycles. The highest BCUT2D eigenvalue weighted by Crippen LogP contribution is 2.12. The molecular formula is C13H20ClNO2S. The summed E-state index contributed by atoms with van der Waals surface area (Å²) in [5.74, 6) is 0.297. The van der Waals surface area contributed by atoms with Crippen molar-refractivity contribution in [3.05, 3.63) is 29.8 Å². The molecule has 102 valence electrons. The SMILES string of the molecule is CCCC[C@H](CCl)NS(=O)(=O)c1ccc(C)cc1. The summed E-state index contributed by atoms with van der Waals surface area (Å²) in [5.41, 5.74) is 1.04. The quantitative estimate of drug-likeness (QED) is 0.784. The average Bonchev–Trinajstić information content (AvgIpc) is 2.35. The number of aryl methyl sites for hydroxylation is 1. The Labute approximate surface area is 115 Å². The van der Waals surface area contributed by atoms with E-state index in [1.165, 1.54) is 0 Å². The number of unbranched alkanes of at least 4 members (excludes halogenated alkanes) is 1. The maximum Gasteiger partial charge on any atom is 0.240 e. The third-order valence-electron chi connectivity index (χ3n) is 2.75. The van der Waals surface area contributed by atoms with Gasteiger partial charge in [-0.1, -0.05) is 37.5 Å². The van der Waals surface area contributed by atoms with Crippen LogP contribution in [0.5, 0.6) is 0 Å². The molecule has 0 aliphatic carbocycles. The molecule has 1 aromatic rings. The average molecular weight is 290 g/mol. The van der Waals surface area contributed by atoms with Crippen LogP contribution >= 0.6 is 11.6 Å². The van der Waals surface area contributed by atoms with E-state index >= 15 is 0 Å². The minimum Gasteiger partial charge on any atom is -0.207 e. The first kappa shape index (κ1) is 15.5. The number of rotatable bonds is 7. The minimum atomic E-state index is -3.45. The Morgan fingerprint density at radius 2 is 1.89 bits per heavy atom. The molecule has 5 heteroatoms. The van der Waals surface area contributed by atoms with Crippen molar-refractivity contribution in [3.8, 4) is 0 Å². The number of benzene rings is 1. The lowest BCUT2D eigenvalue weighted by molar-refractivity contribution is 0.536. The van der Waals surface area contributed by atoms with Crippen LogP contribution in [0.25, 0.3) is 0 Å². The van der Waals surface area contributed by atoms with Gasteiger partial charge in [-0.3, -0.25) is 0 Å². The summed E-state index contributed by atoms with van der Waals surface area (Å²) in [4.78, 5) is 0.291. The third-order valence-corrected chi connectivity index (χ3v) is 4.65. The van der Waals surface area contributed by atoms with Gasteiger partial charge in [-0.15, -0.1) is 11.6 Å². The molecule has 0 saturated heterocycles. The van der Waals surface area contributed by atoms with Crippen LogP contribution in [0.3, 0.4) is 0 Å². The normalized spacial score (nSPS) is 13.5. The Morgan fingerprint density at radius 3 is 2.39 bits per heavy atom. The molecule has 0 heterocycles. The Kier molecular flexibility index (Phi) is 6.12. The zero-order chi connectivity index (χ0) is 13.6. The van der Waals surface area contributed by atoms with Crippen molar-refractivity contribution in [2.24, 2.45) is 0 Å². The standard InChI is InChI=1S/C13H20ClNO2S/c1-3-4-5-12(10-14)15-18(16,17)13-8-6-11(2)7-9-13/h6-9,12,15H,3-5,10H2,1-2H3/t12-/m1/s1. The van der Waals surface area contributed by atoms with Crippen molar-refractivity contribution in [1.82, 2.24) is 4.72 Å². The Hall–Kier alpha value is -0.580. The van der Waals surface area contributed by atoms with E-state index in [-0.39, 0.29) is 6.04 Å². The predicted octanol–water partition coefficient (Wildman–Crippen LogP) is 3.07. The van der Waals surface area contributed by atoms with Gasteiger partial charge in [0, 0.05) is 11.9 Å². The van der Waals surface area contributed by atoms with Crippen LogP contribution in [0.15, 0.2) is 29.2 Å². The lowest BCUT2D eigenvalue weighted by Crippen LogP contribution is -2.36. The number of nitrogens with one attached hydrogen (secondary N) is 1. The highest BCUT2D eigenvalue weighted by atomic mass is 35.5. The van der Waals surface area contributed by atoms with Gasteiger partial charge >= 0.3 is 0 Å². The molecule has 0 aromatic heterocycles. The van der Waals surface area contributed by atoms with Gasteiger partial charge < -0.3 is 0 Å². The van der Waals surface area contributed by atoms with Crippen LogP contribution in [-0.2, 0) is 10.0 Å². The van der Waals surface area contributed by atoms with E-state index < -0.39 is 10.0 Å². The predicted molar refractivity (Wildman–Crippen MR) is 75.5 cm³/mol. The van der Waals surface area contributed by atoms with E-state index in [2.05, 4.69) is 11.6 Å². The van der Waals surface area contributed by atoms with Crippen LogP contribution in [-0.4, -0.2) is 20.3 Å². The fourth-order valence-electron chi connectivity index (χ4n) is 1.62. The highest BCUT2D eigenvalue weighted by molar-refractivity contribution is 7.89. The van der Waals surface area contributed by atoms with Gasteiger partial charge in [0.15, 0.2) is 0 Å². The van der Waals surface area contributed by atoms with E-state index in [0.29, 0.717) is 10.8 Å². The highest BCUT2D eigenvalue weighted by Gasteiger charge is 2.18. The summed E-state index contributed by atoms with van der Waals surface area (Å²) in [5, 5.41) is 0. The van der Waals surface area contributed by atoms with E-state index in [0.717, 1.165) is 24.8 Å². The molecule has 0 aliphatic rings. The first-order chi connectivity index (χ1) is 8.49. The second kappa shape index (κ2) is 7.12. The van der Waals surface area contributed by atoms with Crippen molar-refractivity contribution < 1.29 is 8.42 Å². The lowest BCUT2D eigenvalue weighted by atomic mass is 10.2. The van der Waals surface area contributed by atoms with Crippen LogP contribution in [0.4, 0.5) is 0 Å².